The Hall–Kier alpha value is -1.50. The van der Waals surface area contributed by atoms with E-state index in [-0.39, 0.29) is 5.91 Å². The Bertz CT molecular complexity index is 695. The molecule has 0 aliphatic heterocycles. The number of carbonyl (C=O) groups excluding carboxylic acids is 1. The fourth-order valence-corrected chi connectivity index (χ4v) is 3.49. The van der Waals surface area contributed by atoms with Gasteiger partial charge in [-0.3, -0.25) is 4.79 Å². The number of thiazole rings is 1. The minimum absolute atomic E-state index is 0.0540. The van der Waals surface area contributed by atoms with E-state index in [1.54, 1.807) is 22.3 Å². The molecule has 0 bridgehead atoms. The van der Waals surface area contributed by atoms with Crippen LogP contribution in [0.4, 0.5) is 0 Å². The van der Waals surface area contributed by atoms with E-state index in [4.69, 9.17) is 0 Å². The Balaban J connectivity index is 2.23. The molecule has 2 aromatic rings. The molecule has 0 saturated carbocycles. The van der Waals surface area contributed by atoms with Gasteiger partial charge in [-0.2, -0.15) is 12.6 Å². The smallest absolute Gasteiger partial charge is 0.261 e. The van der Waals surface area contributed by atoms with Crippen LogP contribution in [0.25, 0.3) is 16.6 Å². The summed E-state index contributed by atoms with van der Waals surface area (Å²) < 4.78 is 0. The highest BCUT2D eigenvalue weighted by Crippen LogP contribution is 2.26. The zero-order chi connectivity index (χ0) is 16.7. The number of benzene rings is 1. The normalized spacial score (nSPS) is 11.3. The fourth-order valence-electron chi connectivity index (χ4n) is 1.92. The van der Waals surface area contributed by atoms with Gasteiger partial charge in [-0.25, -0.2) is 4.98 Å². The minimum Gasteiger partial charge on any atom is -0.325 e. The standard InChI is InChI=1S/C17H18N2OS3/c1-3-9-19(12-21)17(20)15(22-2)10-14-11-23-16(18-14)13-7-5-4-6-8-13/h3-8,10-11,21H,1,9,12H2,2H3/b15-10+. The summed E-state index contributed by atoms with van der Waals surface area (Å²) >= 11 is 7.19. The molecule has 6 heteroatoms. The molecule has 3 nitrogen and oxygen atoms in total. The zero-order valence-corrected chi connectivity index (χ0v) is 15.3. The summed E-state index contributed by atoms with van der Waals surface area (Å²) in [5, 5.41) is 2.91. The van der Waals surface area contributed by atoms with Gasteiger partial charge in [-0.05, 0) is 12.3 Å². The molecule has 120 valence electrons. The van der Waals surface area contributed by atoms with Gasteiger partial charge in [-0.15, -0.1) is 29.7 Å². The van der Waals surface area contributed by atoms with Crippen LogP contribution in [0, 0.1) is 0 Å². The first-order valence-electron chi connectivity index (χ1n) is 6.97. The number of carbonyl (C=O) groups is 1. The van der Waals surface area contributed by atoms with E-state index >= 15 is 0 Å². The van der Waals surface area contributed by atoms with E-state index in [1.807, 2.05) is 48.0 Å². The predicted molar refractivity (Wildman–Crippen MR) is 105 cm³/mol. The largest absolute Gasteiger partial charge is 0.325 e. The van der Waals surface area contributed by atoms with Crippen LogP contribution in [0.3, 0.4) is 0 Å². The maximum absolute atomic E-state index is 12.5. The van der Waals surface area contributed by atoms with Gasteiger partial charge in [0.05, 0.1) is 16.5 Å². The van der Waals surface area contributed by atoms with Crippen LogP contribution >= 0.6 is 35.7 Å². The molecule has 0 unspecified atom stereocenters. The topological polar surface area (TPSA) is 33.2 Å². The van der Waals surface area contributed by atoms with Crippen LogP contribution in [0.15, 0.2) is 53.3 Å². The van der Waals surface area contributed by atoms with Crippen molar-refractivity contribution in [3.05, 3.63) is 59.0 Å². The van der Waals surface area contributed by atoms with Gasteiger partial charge in [0, 0.05) is 17.5 Å². The van der Waals surface area contributed by atoms with Gasteiger partial charge in [0.15, 0.2) is 0 Å². The van der Waals surface area contributed by atoms with Crippen molar-refractivity contribution in [2.45, 2.75) is 0 Å². The van der Waals surface area contributed by atoms with Gasteiger partial charge < -0.3 is 4.90 Å². The van der Waals surface area contributed by atoms with Crippen molar-refractivity contribution in [3.63, 3.8) is 0 Å². The molecular weight excluding hydrogens is 344 g/mol. The molecule has 0 spiro atoms. The first kappa shape index (κ1) is 17.8. The minimum atomic E-state index is -0.0540. The summed E-state index contributed by atoms with van der Waals surface area (Å²) in [6, 6.07) is 10.0. The molecule has 2 rings (SSSR count). The van der Waals surface area contributed by atoms with Crippen molar-refractivity contribution in [1.29, 1.82) is 0 Å². The lowest BCUT2D eigenvalue weighted by Crippen LogP contribution is -2.30. The molecule has 0 radical (unpaired) electrons. The molecule has 0 atom stereocenters. The quantitative estimate of drug-likeness (QED) is 0.343. The van der Waals surface area contributed by atoms with E-state index in [9.17, 15) is 4.79 Å². The SMILES string of the molecule is C=CCN(CS)C(=O)/C(=C\c1csc(-c2ccccc2)n1)SC. The number of aromatic nitrogens is 1. The number of rotatable bonds is 7. The van der Waals surface area contributed by atoms with Gasteiger partial charge >= 0.3 is 0 Å². The van der Waals surface area contributed by atoms with Gasteiger partial charge in [0.25, 0.3) is 5.91 Å². The fraction of sp³-hybridized carbons (Fsp3) is 0.176. The summed E-state index contributed by atoms with van der Waals surface area (Å²) in [4.78, 5) is 19.4. The second-order valence-electron chi connectivity index (χ2n) is 4.61. The Labute approximate surface area is 150 Å². The predicted octanol–water partition coefficient (Wildman–Crippen LogP) is 4.42. The second kappa shape index (κ2) is 8.96. The first-order chi connectivity index (χ1) is 11.2. The first-order valence-corrected chi connectivity index (χ1v) is 9.71. The van der Waals surface area contributed by atoms with Crippen molar-refractivity contribution < 1.29 is 4.79 Å². The maximum Gasteiger partial charge on any atom is 0.261 e. The highest BCUT2D eigenvalue weighted by molar-refractivity contribution is 8.03. The van der Waals surface area contributed by atoms with Gasteiger partial charge in [-0.1, -0.05) is 36.4 Å². The lowest BCUT2D eigenvalue weighted by molar-refractivity contribution is -0.124. The third kappa shape index (κ3) is 4.73. The average molecular weight is 363 g/mol. The van der Waals surface area contributed by atoms with E-state index in [0.29, 0.717) is 17.3 Å². The van der Waals surface area contributed by atoms with E-state index in [2.05, 4.69) is 24.2 Å². The molecule has 0 fully saturated rings. The summed E-state index contributed by atoms with van der Waals surface area (Å²) in [6.07, 6.45) is 5.41. The monoisotopic (exact) mass is 362 g/mol. The lowest BCUT2D eigenvalue weighted by atomic mass is 10.2. The number of thioether (sulfide) groups is 1. The van der Waals surface area contributed by atoms with Crippen LogP contribution < -0.4 is 0 Å². The van der Waals surface area contributed by atoms with Gasteiger partial charge in [0.2, 0.25) is 0 Å². The molecule has 1 amide bonds. The van der Waals surface area contributed by atoms with Crippen molar-refractivity contribution in [2.24, 2.45) is 0 Å². The Kier molecular flexibility index (Phi) is 6.95. The van der Waals surface area contributed by atoms with Crippen LogP contribution in [0.1, 0.15) is 5.69 Å². The van der Waals surface area contributed by atoms with E-state index in [1.165, 1.54) is 11.8 Å². The molecule has 0 aliphatic carbocycles. The molecule has 0 N–H and O–H groups in total. The van der Waals surface area contributed by atoms with Crippen molar-refractivity contribution in [1.82, 2.24) is 9.88 Å². The van der Waals surface area contributed by atoms with Crippen LogP contribution in [0.5, 0.6) is 0 Å². The van der Waals surface area contributed by atoms with Crippen molar-refractivity contribution >= 4 is 47.7 Å². The molecule has 1 aromatic carbocycles. The highest BCUT2D eigenvalue weighted by atomic mass is 32.2. The highest BCUT2D eigenvalue weighted by Gasteiger charge is 2.16. The third-order valence-corrected chi connectivity index (χ3v) is 5.04. The molecule has 23 heavy (non-hydrogen) atoms. The number of hydrogen-bond donors (Lipinski definition) is 1. The van der Waals surface area contributed by atoms with Gasteiger partial charge in [0.1, 0.15) is 5.01 Å². The zero-order valence-electron chi connectivity index (χ0n) is 12.8. The number of nitrogens with zero attached hydrogens (tertiary/aromatic N) is 2. The second-order valence-corrected chi connectivity index (χ2v) is 6.60. The number of hydrogen-bond acceptors (Lipinski definition) is 5. The summed E-state index contributed by atoms with van der Waals surface area (Å²) in [6.45, 7) is 4.15. The Morgan fingerprint density at radius 2 is 2.17 bits per heavy atom. The van der Waals surface area contributed by atoms with E-state index < -0.39 is 0 Å². The van der Waals surface area contributed by atoms with Crippen LogP contribution in [-0.2, 0) is 4.79 Å². The number of thiol groups is 1. The summed E-state index contributed by atoms with van der Waals surface area (Å²) in [7, 11) is 0. The Morgan fingerprint density at radius 1 is 1.43 bits per heavy atom. The summed E-state index contributed by atoms with van der Waals surface area (Å²) in [5.41, 5.74) is 1.88. The lowest BCUT2D eigenvalue weighted by Gasteiger charge is -2.19. The molecule has 1 heterocycles. The molecule has 1 aromatic heterocycles. The van der Waals surface area contributed by atoms with Crippen molar-refractivity contribution in [3.8, 4) is 10.6 Å². The maximum atomic E-state index is 12.5. The molecule has 0 saturated heterocycles. The van der Waals surface area contributed by atoms with E-state index in [0.717, 1.165) is 16.3 Å². The summed E-state index contributed by atoms with van der Waals surface area (Å²) in [5.74, 6) is 0.302. The molecular formula is C17H18N2OS3. The average Bonchev–Trinajstić information content (AvgIpc) is 3.06. The Morgan fingerprint density at radius 3 is 2.78 bits per heavy atom. The van der Waals surface area contributed by atoms with Crippen LogP contribution in [-0.4, -0.2) is 34.5 Å². The van der Waals surface area contributed by atoms with Crippen LogP contribution in [0.2, 0.25) is 0 Å². The third-order valence-electron chi connectivity index (χ3n) is 3.06. The van der Waals surface area contributed by atoms with Crippen molar-refractivity contribution in [2.75, 3.05) is 18.7 Å². The number of amides is 1. The molecule has 0 aliphatic rings.